The molecule has 1 atom stereocenters. The minimum Gasteiger partial charge on any atom is -0.338 e. The third-order valence-electron chi connectivity index (χ3n) is 6.57. The Hall–Kier alpha value is -3.15. The van der Waals surface area contributed by atoms with Gasteiger partial charge in [0.15, 0.2) is 5.82 Å². The number of benzene rings is 1. The number of aromatic nitrogens is 4. The fourth-order valence-electron chi connectivity index (χ4n) is 4.90. The Balaban J connectivity index is 1.42. The molecule has 5 rings (SSSR count). The molecule has 0 bridgehead atoms. The second kappa shape index (κ2) is 7.84. The van der Waals surface area contributed by atoms with Crippen LogP contribution in [-0.4, -0.2) is 43.8 Å². The largest absolute Gasteiger partial charge is 0.338 e. The van der Waals surface area contributed by atoms with Gasteiger partial charge >= 0.3 is 0 Å². The average Bonchev–Trinajstić information content (AvgIpc) is 3.16. The molecule has 158 valence electrons. The first-order chi connectivity index (χ1) is 15.1. The minimum absolute atomic E-state index is 0.0140. The van der Waals surface area contributed by atoms with E-state index < -0.39 is 0 Å². The lowest BCUT2D eigenvalue weighted by Gasteiger charge is -2.40. The van der Waals surface area contributed by atoms with Crippen molar-refractivity contribution >= 4 is 5.91 Å². The molecular weight excluding hydrogens is 386 g/mol. The van der Waals surface area contributed by atoms with Gasteiger partial charge in [-0.3, -0.25) is 4.79 Å². The lowest BCUT2D eigenvalue weighted by molar-refractivity contribution is 0.0632. The Kier molecular flexibility index (Phi) is 5.00. The van der Waals surface area contributed by atoms with Crippen molar-refractivity contribution in [2.45, 2.75) is 50.9 Å². The first-order valence-corrected chi connectivity index (χ1v) is 11.1. The van der Waals surface area contributed by atoms with E-state index in [0.717, 1.165) is 55.1 Å². The number of piperidine rings is 1. The van der Waals surface area contributed by atoms with Gasteiger partial charge in [-0.2, -0.15) is 0 Å². The van der Waals surface area contributed by atoms with Gasteiger partial charge in [-0.25, -0.2) is 19.9 Å². The van der Waals surface area contributed by atoms with E-state index >= 15 is 0 Å². The van der Waals surface area contributed by atoms with Crippen molar-refractivity contribution in [1.82, 2.24) is 24.8 Å². The fourth-order valence-corrected chi connectivity index (χ4v) is 4.90. The smallest absolute Gasteiger partial charge is 0.257 e. The van der Waals surface area contributed by atoms with Crippen LogP contribution < -0.4 is 0 Å². The molecule has 6 nitrogen and oxygen atoms in total. The summed E-state index contributed by atoms with van der Waals surface area (Å²) in [5, 5.41) is 0. The van der Waals surface area contributed by atoms with Gasteiger partial charge in [-0.15, -0.1) is 0 Å². The Labute approximate surface area is 182 Å². The Morgan fingerprint density at radius 3 is 2.55 bits per heavy atom. The molecule has 0 saturated carbocycles. The predicted molar refractivity (Wildman–Crippen MR) is 119 cm³/mol. The molecule has 1 fully saturated rings. The van der Waals surface area contributed by atoms with Crippen molar-refractivity contribution < 1.29 is 4.79 Å². The molecule has 1 aliphatic carbocycles. The van der Waals surface area contributed by atoms with Gasteiger partial charge in [0.1, 0.15) is 5.82 Å². The normalized spacial score (nSPS) is 20.3. The topological polar surface area (TPSA) is 71.9 Å². The number of hydrogen-bond acceptors (Lipinski definition) is 5. The lowest BCUT2D eigenvalue weighted by atomic mass is 9.77. The highest BCUT2D eigenvalue weighted by Crippen LogP contribution is 2.44. The number of nitrogens with zero attached hydrogens (tertiary/aromatic N) is 5. The van der Waals surface area contributed by atoms with E-state index in [1.165, 1.54) is 5.56 Å². The minimum atomic E-state index is -0.0888. The summed E-state index contributed by atoms with van der Waals surface area (Å²) >= 11 is 0. The van der Waals surface area contributed by atoms with Crippen LogP contribution in [0.5, 0.6) is 0 Å². The van der Waals surface area contributed by atoms with E-state index in [9.17, 15) is 4.79 Å². The summed E-state index contributed by atoms with van der Waals surface area (Å²) in [4.78, 5) is 33.6. The van der Waals surface area contributed by atoms with Crippen LogP contribution in [0.2, 0.25) is 0 Å². The predicted octanol–water partition coefficient (Wildman–Crippen LogP) is 4.18. The van der Waals surface area contributed by atoms with E-state index in [1.54, 1.807) is 12.4 Å². The number of likely N-dealkylation sites (tertiary alicyclic amines) is 1. The zero-order valence-electron chi connectivity index (χ0n) is 18.1. The molecule has 1 amide bonds. The Morgan fingerprint density at radius 2 is 1.81 bits per heavy atom. The quantitative estimate of drug-likeness (QED) is 0.644. The molecular formula is C25H27N5O. The number of amides is 1. The zero-order chi connectivity index (χ0) is 21.4. The highest BCUT2D eigenvalue weighted by molar-refractivity contribution is 5.93. The number of carbonyl (C=O) groups excluding carboxylic acids is 1. The third-order valence-corrected chi connectivity index (χ3v) is 6.57. The monoisotopic (exact) mass is 413 g/mol. The van der Waals surface area contributed by atoms with Gasteiger partial charge < -0.3 is 4.90 Å². The van der Waals surface area contributed by atoms with Crippen molar-refractivity contribution in [1.29, 1.82) is 0 Å². The molecule has 6 heteroatoms. The number of aryl methyl sites for hydroxylation is 1. The van der Waals surface area contributed by atoms with Crippen molar-refractivity contribution in [3.63, 3.8) is 0 Å². The van der Waals surface area contributed by atoms with E-state index in [2.05, 4.69) is 15.0 Å². The zero-order valence-corrected chi connectivity index (χ0v) is 18.1. The van der Waals surface area contributed by atoms with Gasteiger partial charge in [0, 0.05) is 48.6 Å². The summed E-state index contributed by atoms with van der Waals surface area (Å²) in [5.74, 6) is 1.79. The van der Waals surface area contributed by atoms with Crippen molar-refractivity contribution in [2.75, 3.05) is 13.1 Å². The number of rotatable bonds is 3. The Bertz CT molecular complexity index is 1090. The number of fused-ring (bicyclic) bond motifs is 2. The van der Waals surface area contributed by atoms with Crippen LogP contribution in [0.15, 0.2) is 48.9 Å². The third kappa shape index (κ3) is 3.60. The molecule has 1 aliphatic heterocycles. The molecule has 1 saturated heterocycles. The van der Waals surface area contributed by atoms with Gasteiger partial charge in [-0.1, -0.05) is 44.2 Å². The van der Waals surface area contributed by atoms with Crippen LogP contribution in [0, 0.1) is 0 Å². The van der Waals surface area contributed by atoms with Crippen molar-refractivity contribution in [2.24, 2.45) is 0 Å². The lowest BCUT2D eigenvalue weighted by Crippen LogP contribution is -2.48. The maximum absolute atomic E-state index is 13.2. The molecule has 3 aromatic rings. The second-order valence-electron chi connectivity index (χ2n) is 9.03. The first kappa shape index (κ1) is 19.8. The summed E-state index contributed by atoms with van der Waals surface area (Å²) < 4.78 is 0. The van der Waals surface area contributed by atoms with Crippen LogP contribution >= 0.6 is 0 Å². The molecule has 1 unspecified atom stereocenters. The fraction of sp³-hybridized carbons (Fsp3) is 0.400. The molecule has 1 spiro atoms. The van der Waals surface area contributed by atoms with Gasteiger partial charge in [0.25, 0.3) is 5.91 Å². The SMILES string of the molecule is CC(C)c1ncc(C(=O)N2CCCC3(CCc4cnc(-c5ccccc5)nc43)C2)cn1. The highest BCUT2D eigenvalue weighted by atomic mass is 16.2. The molecule has 2 aromatic heterocycles. The maximum Gasteiger partial charge on any atom is 0.257 e. The molecule has 2 aliphatic rings. The average molecular weight is 414 g/mol. The molecule has 0 radical (unpaired) electrons. The van der Waals surface area contributed by atoms with E-state index in [-0.39, 0.29) is 17.2 Å². The highest BCUT2D eigenvalue weighted by Gasteiger charge is 2.45. The van der Waals surface area contributed by atoms with Gasteiger partial charge in [0.05, 0.1) is 11.3 Å². The summed E-state index contributed by atoms with van der Waals surface area (Å²) in [7, 11) is 0. The second-order valence-corrected chi connectivity index (χ2v) is 9.03. The number of carbonyl (C=O) groups is 1. The molecule has 0 N–H and O–H groups in total. The summed E-state index contributed by atoms with van der Waals surface area (Å²) in [6.45, 7) is 5.55. The van der Waals surface area contributed by atoms with Crippen LogP contribution in [0.25, 0.3) is 11.4 Å². The molecule has 31 heavy (non-hydrogen) atoms. The summed E-state index contributed by atoms with van der Waals surface area (Å²) in [5.41, 5.74) is 3.85. The Morgan fingerprint density at radius 1 is 1.03 bits per heavy atom. The van der Waals surface area contributed by atoms with Crippen molar-refractivity contribution in [3.8, 4) is 11.4 Å². The standard InChI is InChI=1S/C25H27N5O/c1-17(2)22-26-14-20(15-27-22)24(31)30-12-6-10-25(16-30)11-9-19-13-28-23(29-21(19)25)18-7-4-3-5-8-18/h3-5,7-8,13-15,17H,6,9-12,16H2,1-2H3. The first-order valence-electron chi connectivity index (χ1n) is 11.1. The van der Waals surface area contributed by atoms with Gasteiger partial charge in [-0.05, 0) is 31.2 Å². The van der Waals surface area contributed by atoms with E-state index in [0.29, 0.717) is 12.1 Å². The van der Waals surface area contributed by atoms with E-state index in [4.69, 9.17) is 4.98 Å². The molecule has 1 aromatic carbocycles. The van der Waals surface area contributed by atoms with E-state index in [1.807, 2.05) is 55.3 Å². The van der Waals surface area contributed by atoms with Crippen LogP contribution in [0.3, 0.4) is 0 Å². The van der Waals surface area contributed by atoms with Crippen LogP contribution in [-0.2, 0) is 11.8 Å². The van der Waals surface area contributed by atoms with Gasteiger partial charge in [0.2, 0.25) is 0 Å². The van der Waals surface area contributed by atoms with Crippen LogP contribution in [0.4, 0.5) is 0 Å². The summed E-state index contributed by atoms with van der Waals surface area (Å²) in [6, 6.07) is 10.1. The van der Waals surface area contributed by atoms with Crippen LogP contribution in [0.1, 0.15) is 66.5 Å². The number of hydrogen-bond donors (Lipinski definition) is 0. The summed E-state index contributed by atoms with van der Waals surface area (Å²) in [6.07, 6.45) is 9.34. The van der Waals surface area contributed by atoms with Crippen molar-refractivity contribution in [3.05, 3.63) is 71.6 Å². The maximum atomic E-state index is 13.2. The molecule has 3 heterocycles.